The second kappa shape index (κ2) is 21.8. The van der Waals surface area contributed by atoms with E-state index < -0.39 is 0 Å². The molecular weight excluding hydrogens is 733 g/mol. The molecule has 0 spiro atoms. The normalized spacial score (nSPS) is 11.2. The molecule has 280 valence electrons. The van der Waals surface area contributed by atoms with E-state index in [0.717, 1.165) is 95.9 Å². The fraction of sp³-hybridized carbons (Fsp3) is 0.415. The molecule has 0 saturated heterocycles. The lowest BCUT2D eigenvalue weighted by Gasteiger charge is -2.35. The summed E-state index contributed by atoms with van der Waals surface area (Å²) in [6.07, 6.45) is 4.41. The van der Waals surface area contributed by atoms with Gasteiger partial charge in [-0.15, -0.1) is 0 Å². The molecule has 0 aromatic heterocycles. The van der Waals surface area contributed by atoms with E-state index in [2.05, 4.69) is 48.5 Å². The molecule has 4 aromatic carbocycles. The monoisotopic (exact) mass is 784 g/mol. The van der Waals surface area contributed by atoms with Crippen molar-refractivity contribution in [2.24, 2.45) is 5.41 Å². The Morgan fingerprint density at radius 3 is 0.755 bits per heavy atom. The first-order valence-corrected chi connectivity index (χ1v) is 22.5. The smallest absolute Gasteiger partial charge is 0.160 e. The van der Waals surface area contributed by atoms with Crippen LogP contribution in [-0.2, 0) is 0 Å². The van der Waals surface area contributed by atoms with Crippen molar-refractivity contribution < 1.29 is 37.9 Å². The van der Waals surface area contributed by atoms with Crippen molar-refractivity contribution in [3.05, 3.63) is 72.8 Å². The van der Waals surface area contributed by atoms with Gasteiger partial charge in [-0.25, -0.2) is 0 Å². The number of methoxy groups -OCH3 is 8. The summed E-state index contributed by atoms with van der Waals surface area (Å²) in [6, 6.07) is 29.0. The molecule has 4 rings (SSSR count). The van der Waals surface area contributed by atoms with Gasteiger partial charge in [-0.1, -0.05) is 98.4 Å². The molecule has 0 amide bonds. The largest absolute Gasteiger partial charge is 0.493 e. The summed E-state index contributed by atoms with van der Waals surface area (Å²) >= 11 is 0. The van der Waals surface area contributed by atoms with E-state index in [1.807, 2.05) is 24.3 Å². The second-order valence-electron chi connectivity index (χ2n) is 12.4. The topological polar surface area (TPSA) is 73.8 Å². The Labute approximate surface area is 326 Å². The van der Waals surface area contributed by atoms with Crippen molar-refractivity contribution in [2.75, 3.05) is 56.9 Å². The molecule has 0 fully saturated rings. The van der Waals surface area contributed by atoms with Crippen LogP contribution in [0.1, 0.15) is 25.7 Å². The molecule has 0 bridgehead atoms. The highest BCUT2D eigenvalue weighted by Crippen LogP contribution is 2.41. The van der Waals surface area contributed by atoms with Gasteiger partial charge in [-0.05, 0) is 50.4 Å². The summed E-state index contributed by atoms with van der Waals surface area (Å²) in [5.74, 6) is 6.45. The molecule has 0 N–H and O–H groups in total. The number of benzene rings is 4. The highest BCUT2D eigenvalue weighted by atomic mass is 28.2. The van der Waals surface area contributed by atoms with Crippen molar-refractivity contribution in [3.63, 3.8) is 0 Å². The average molecular weight is 785 g/mol. The number of rotatable bonds is 24. The zero-order valence-electron chi connectivity index (χ0n) is 32.4. The summed E-state index contributed by atoms with van der Waals surface area (Å²) in [6.45, 7) is 0. The minimum Gasteiger partial charge on any atom is -0.493 e. The van der Waals surface area contributed by atoms with Gasteiger partial charge < -0.3 is 37.9 Å². The fourth-order valence-electron chi connectivity index (χ4n) is 6.70. The van der Waals surface area contributed by atoms with Crippen LogP contribution in [-0.4, -0.2) is 95.0 Å². The lowest BCUT2D eigenvalue weighted by molar-refractivity contribution is 0.240. The minimum atomic E-state index is 0.108. The van der Waals surface area contributed by atoms with Crippen molar-refractivity contribution >= 4 is 58.8 Å². The van der Waals surface area contributed by atoms with E-state index in [0.29, 0.717) is 38.1 Å². The van der Waals surface area contributed by atoms with Crippen molar-refractivity contribution in [3.8, 4) is 46.0 Å². The summed E-state index contributed by atoms with van der Waals surface area (Å²) < 4.78 is 45.9. The van der Waals surface area contributed by atoms with E-state index in [-0.39, 0.29) is 5.41 Å². The Morgan fingerprint density at radius 1 is 0.340 bits per heavy atom. The van der Waals surface area contributed by atoms with Gasteiger partial charge >= 0.3 is 0 Å². The Balaban J connectivity index is 1.64. The van der Waals surface area contributed by atoms with E-state index in [4.69, 9.17) is 37.9 Å². The Bertz CT molecular complexity index is 1470. The van der Waals surface area contributed by atoms with E-state index >= 15 is 0 Å². The first-order chi connectivity index (χ1) is 25.9. The van der Waals surface area contributed by atoms with Gasteiger partial charge in [0, 0.05) is 0 Å². The molecule has 4 aromatic rings. The molecule has 0 aliphatic rings. The van der Waals surface area contributed by atoms with Gasteiger partial charge in [0.15, 0.2) is 46.0 Å². The number of para-hydroxylation sites is 4. The first kappa shape index (κ1) is 41.9. The SMILES string of the molecule is COc1cccc([Si]CCC(CC[Si]c2cccc(OC)c2OC)(CC[Si]c2cccc(OC)c2OC)CC[Si]c2cccc(OC)c2OC)c1OC. The van der Waals surface area contributed by atoms with Gasteiger partial charge in [0.05, 0.1) is 95.0 Å². The molecular formula is C41H52O8Si4. The maximum Gasteiger partial charge on any atom is 0.160 e. The predicted molar refractivity (Wildman–Crippen MR) is 220 cm³/mol. The first-order valence-electron chi connectivity index (χ1n) is 17.7. The summed E-state index contributed by atoms with van der Waals surface area (Å²) in [5.41, 5.74) is 0.108. The van der Waals surface area contributed by atoms with Gasteiger partial charge in [0.1, 0.15) is 0 Å². The molecule has 8 radical (unpaired) electrons. The standard InChI is InChI=1S/C41H52O8Si4/c1-42-29-13-9-17-33(37(29)46-5)50-25-21-41(22-26-51-34-18-10-14-30(43-2)38(34)47-6,23-27-52-35-19-11-15-31(44-3)39(35)48-7)24-28-53-36-20-12-16-32(45-4)40(36)49-8/h9-20H,21-28H2,1-8H3. The quantitative estimate of drug-likeness (QED) is 0.0877. The third kappa shape index (κ3) is 11.1. The Morgan fingerprint density at radius 2 is 0.566 bits per heavy atom. The third-order valence-electron chi connectivity index (χ3n) is 9.49. The van der Waals surface area contributed by atoms with Gasteiger partial charge in [0.2, 0.25) is 0 Å². The molecule has 0 heterocycles. The van der Waals surface area contributed by atoms with Crippen LogP contribution in [0.15, 0.2) is 72.8 Å². The summed E-state index contributed by atoms with van der Waals surface area (Å²) in [5, 5.41) is 4.81. The molecule has 0 saturated carbocycles. The average Bonchev–Trinajstić information content (AvgIpc) is 3.20. The zero-order chi connectivity index (χ0) is 38.1. The number of hydrogen-bond donors (Lipinski definition) is 0. The van der Waals surface area contributed by atoms with Crippen molar-refractivity contribution in [2.45, 2.75) is 49.9 Å². The van der Waals surface area contributed by atoms with E-state index in [1.165, 1.54) is 20.7 Å². The predicted octanol–water partition coefficient (Wildman–Crippen LogP) is 5.39. The third-order valence-corrected chi connectivity index (χ3v) is 14.6. The zero-order valence-corrected chi connectivity index (χ0v) is 36.4. The van der Waals surface area contributed by atoms with Crippen LogP contribution in [0.3, 0.4) is 0 Å². The Hall–Kier alpha value is -3.85. The molecule has 8 nitrogen and oxygen atoms in total. The van der Waals surface area contributed by atoms with Crippen molar-refractivity contribution in [1.82, 2.24) is 0 Å². The van der Waals surface area contributed by atoms with Gasteiger partial charge in [-0.2, -0.15) is 0 Å². The van der Waals surface area contributed by atoms with Crippen LogP contribution in [0.4, 0.5) is 0 Å². The van der Waals surface area contributed by atoms with E-state index in [1.54, 1.807) is 56.9 Å². The van der Waals surface area contributed by atoms with Crippen LogP contribution in [0.25, 0.3) is 0 Å². The lowest BCUT2D eigenvalue weighted by Crippen LogP contribution is -2.29. The number of hydrogen-bond acceptors (Lipinski definition) is 8. The molecule has 0 unspecified atom stereocenters. The van der Waals surface area contributed by atoms with Gasteiger partial charge in [-0.3, -0.25) is 0 Å². The number of ether oxygens (including phenoxy) is 8. The molecule has 0 aliphatic carbocycles. The lowest BCUT2D eigenvalue weighted by atomic mass is 9.77. The van der Waals surface area contributed by atoms with Crippen LogP contribution in [0.5, 0.6) is 46.0 Å². The second-order valence-corrected chi connectivity index (χ2v) is 17.9. The van der Waals surface area contributed by atoms with Crippen LogP contribution >= 0.6 is 0 Å². The molecule has 53 heavy (non-hydrogen) atoms. The van der Waals surface area contributed by atoms with Crippen LogP contribution in [0.2, 0.25) is 24.2 Å². The van der Waals surface area contributed by atoms with Crippen LogP contribution < -0.4 is 58.6 Å². The minimum absolute atomic E-state index is 0.108. The molecule has 12 heteroatoms. The highest BCUT2D eigenvalue weighted by molar-refractivity contribution is 6.56. The van der Waals surface area contributed by atoms with Crippen LogP contribution in [0, 0.1) is 5.41 Å². The molecule has 0 aliphatic heterocycles. The fourth-order valence-corrected chi connectivity index (χ4v) is 12.8. The Kier molecular flexibility index (Phi) is 17.2. The maximum absolute atomic E-state index is 5.83. The highest BCUT2D eigenvalue weighted by Gasteiger charge is 2.30. The maximum atomic E-state index is 5.83. The summed E-state index contributed by atoms with van der Waals surface area (Å²) in [7, 11) is 16.1. The summed E-state index contributed by atoms with van der Waals surface area (Å²) in [4.78, 5) is 0. The molecule has 0 atom stereocenters. The van der Waals surface area contributed by atoms with Gasteiger partial charge in [0.25, 0.3) is 0 Å². The van der Waals surface area contributed by atoms with E-state index in [9.17, 15) is 0 Å². The van der Waals surface area contributed by atoms with Crippen molar-refractivity contribution in [1.29, 1.82) is 0 Å².